The van der Waals surface area contributed by atoms with Crippen LogP contribution in [0.15, 0.2) is 30.6 Å². The summed E-state index contributed by atoms with van der Waals surface area (Å²) in [6.45, 7) is 3.38. The van der Waals surface area contributed by atoms with Gasteiger partial charge in [0.05, 0.1) is 12.8 Å². The molecule has 1 unspecified atom stereocenters. The molecule has 1 aromatic heterocycles. The largest absolute Gasteiger partial charge is 0.491 e. The molecule has 0 bridgehead atoms. The second-order valence-electron chi connectivity index (χ2n) is 5.84. The van der Waals surface area contributed by atoms with Crippen molar-refractivity contribution in [3.05, 3.63) is 47.3 Å². The molecule has 1 atom stereocenters. The van der Waals surface area contributed by atoms with Crippen molar-refractivity contribution in [2.24, 2.45) is 7.05 Å². The Balaban J connectivity index is 2.03. The van der Waals surface area contributed by atoms with Crippen LogP contribution in [0.2, 0.25) is 0 Å². The molecule has 0 radical (unpaired) electrons. The van der Waals surface area contributed by atoms with E-state index in [4.69, 9.17) is 9.47 Å². The van der Waals surface area contributed by atoms with Crippen molar-refractivity contribution in [3.63, 3.8) is 0 Å². The molecule has 0 aliphatic rings. The number of methoxy groups -OCH3 is 1. The number of hydrogen-bond acceptors (Lipinski definition) is 5. The van der Waals surface area contributed by atoms with Crippen molar-refractivity contribution in [3.8, 4) is 5.75 Å². The minimum atomic E-state index is -0.447. The number of likely N-dealkylation sites (N-methyl/N-ethyl adjacent to an activating group) is 1. The van der Waals surface area contributed by atoms with Crippen molar-refractivity contribution in [2.75, 3.05) is 27.4 Å². The molecular formula is C18H26N4O3. The highest BCUT2D eigenvalue weighted by atomic mass is 16.5. The fourth-order valence-corrected chi connectivity index (χ4v) is 2.50. The summed E-state index contributed by atoms with van der Waals surface area (Å²) in [6.07, 6.45) is 3.51. The van der Waals surface area contributed by atoms with Gasteiger partial charge in [-0.15, -0.1) is 0 Å². The lowest BCUT2D eigenvalue weighted by molar-refractivity contribution is -0.123. The Bertz CT molecular complexity index is 699. The molecule has 0 fully saturated rings. The minimum Gasteiger partial charge on any atom is -0.491 e. The molecule has 2 aromatic rings. The molecule has 2 rings (SSSR count). The van der Waals surface area contributed by atoms with E-state index in [2.05, 4.69) is 15.7 Å². The van der Waals surface area contributed by atoms with Crippen LogP contribution in [-0.4, -0.2) is 43.1 Å². The highest BCUT2D eigenvalue weighted by Crippen LogP contribution is 2.21. The summed E-state index contributed by atoms with van der Waals surface area (Å²) in [5, 5.41) is 10.1. The summed E-state index contributed by atoms with van der Waals surface area (Å²) in [7, 11) is 5.21. The first kappa shape index (κ1) is 19.0. The second kappa shape index (κ2) is 9.19. The molecule has 1 amide bonds. The summed E-state index contributed by atoms with van der Waals surface area (Å²) in [4.78, 5) is 12.5. The monoisotopic (exact) mass is 346 g/mol. The van der Waals surface area contributed by atoms with Crippen molar-refractivity contribution < 1.29 is 14.3 Å². The average molecular weight is 346 g/mol. The van der Waals surface area contributed by atoms with Crippen LogP contribution >= 0.6 is 0 Å². The zero-order chi connectivity index (χ0) is 18.2. The van der Waals surface area contributed by atoms with E-state index < -0.39 is 6.04 Å². The fraction of sp³-hybridized carbons (Fsp3) is 0.444. The SMILES string of the molecule is CNC(C(=O)NCc1ccc(C)cc1OCCOC)c1cnn(C)c1. The van der Waals surface area contributed by atoms with Crippen LogP contribution in [0.5, 0.6) is 5.75 Å². The van der Waals surface area contributed by atoms with E-state index in [1.165, 1.54) is 0 Å². The van der Waals surface area contributed by atoms with Gasteiger partial charge in [-0.05, 0) is 25.6 Å². The zero-order valence-electron chi connectivity index (χ0n) is 15.2. The van der Waals surface area contributed by atoms with E-state index in [-0.39, 0.29) is 5.91 Å². The van der Waals surface area contributed by atoms with E-state index in [0.717, 1.165) is 22.4 Å². The van der Waals surface area contributed by atoms with Crippen LogP contribution in [0, 0.1) is 6.92 Å². The average Bonchev–Trinajstić information content (AvgIpc) is 3.01. The van der Waals surface area contributed by atoms with Crippen molar-refractivity contribution >= 4 is 5.91 Å². The number of amides is 1. The van der Waals surface area contributed by atoms with E-state index in [9.17, 15) is 4.79 Å². The number of hydrogen-bond donors (Lipinski definition) is 2. The lowest BCUT2D eigenvalue weighted by Crippen LogP contribution is -2.35. The van der Waals surface area contributed by atoms with Gasteiger partial charge in [-0.3, -0.25) is 9.48 Å². The van der Waals surface area contributed by atoms with Gasteiger partial charge in [0.2, 0.25) is 5.91 Å². The molecular weight excluding hydrogens is 320 g/mol. The number of aromatic nitrogens is 2. The van der Waals surface area contributed by atoms with Gasteiger partial charge in [-0.2, -0.15) is 5.10 Å². The predicted octanol–water partition coefficient (Wildman–Crippen LogP) is 1.33. The van der Waals surface area contributed by atoms with Gasteiger partial charge < -0.3 is 20.1 Å². The fourth-order valence-electron chi connectivity index (χ4n) is 2.50. The number of nitrogens with zero attached hydrogens (tertiary/aromatic N) is 2. The summed E-state index contributed by atoms with van der Waals surface area (Å²) in [5.41, 5.74) is 2.85. The third-order valence-electron chi connectivity index (χ3n) is 3.83. The maximum atomic E-state index is 12.5. The van der Waals surface area contributed by atoms with Gasteiger partial charge in [-0.25, -0.2) is 0 Å². The van der Waals surface area contributed by atoms with Crippen LogP contribution in [0.4, 0.5) is 0 Å². The number of ether oxygens (including phenoxy) is 2. The zero-order valence-corrected chi connectivity index (χ0v) is 15.2. The third kappa shape index (κ3) is 5.30. The van der Waals surface area contributed by atoms with Gasteiger partial charge in [0.1, 0.15) is 18.4 Å². The Kier molecular flexibility index (Phi) is 6.97. The number of carbonyl (C=O) groups excluding carboxylic acids is 1. The second-order valence-corrected chi connectivity index (χ2v) is 5.84. The molecule has 1 heterocycles. The molecule has 0 aliphatic carbocycles. The first-order valence-corrected chi connectivity index (χ1v) is 8.20. The van der Waals surface area contributed by atoms with Crippen LogP contribution < -0.4 is 15.4 Å². The van der Waals surface area contributed by atoms with Crippen molar-refractivity contribution in [2.45, 2.75) is 19.5 Å². The molecule has 136 valence electrons. The Labute approximate surface area is 148 Å². The van der Waals surface area contributed by atoms with E-state index in [0.29, 0.717) is 19.8 Å². The van der Waals surface area contributed by atoms with E-state index in [1.54, 1.807) is 25.0 Å². The maximum Gasteiger partial charge on any atom is 0.242 e. The number of benzene rings is 1. The van der Waals surface area contributed by atoms with Gasteiger partial charge >= 0.3 is 0 Å². The lowest BCUT2D eigenvalue weighted by Gasteiger charge is -2.16. The first-order valence-electron chi connectivity index (χ1n) is 8.20. The number of carbonyl (C=O) groups is 1. The highest BCUT2D eigenvalue weighted by Gasteiger charge is 2.20. The van der Waals surface area contributed by atoms with E-state index >= 15 is 0 Å². The Hall–Kier alpha value is -2.38. The van der Waals surface area contributed by atoms with Crippen LogP contribution in [0.3, 0.4) is 0 Å². The molecule has 0 aliphatic heterocycles. The van der Waals surface area contributed by atoms with Gasteiger partial charge in [0.25, 0.3) is 0 Å². The minimum absolute atomic E-state index is 0.112. The lowest BCUT2D eigenvalue weighted by atomic mass is 10.1. The molecule has 0 spiro atoms. The number of nitrogens with one attached hydrogen (secondary N) is 2. The molecule has 0 saturated carbocycles. The first-order chi connectivity index (χ1) is 12.0. The predicted molar refractivity (Wildman–Crippen MR) is 95.4 cm³/mol. The van der Waals surface area contributed by atoms with Gasteiger partial charge in [0, 0.05) is 38.0 Å². The molecule has 1 aromatic carbocycles. The summed E-state index contributed by atoms with van der Waals surface area (Å²) in [6, 6.07) is 5.49. The standard InChI is InChI=1S/C18H26N4O3/c1-13-5-6-14(16(9-13)25-8-7-24-4)10-20-18(23)17(19-2)15-11-21-22(3)12-15/h5-6,9,11-12,17,19H,7-8,10H2,1-4H3,(H,20,23). The van der Waals surface area contributed by atoms with Crippen LogP contribution in [0.25, 0.3) is 0 Å². The summed E-state index contributed by atoms with van der Waals surface area (Å²) in [5.74, 6) is 0.652. The smallest absolute Gasteiger partial charge is 0.242 e. The van der Waals surface area contributed by atoms with Gasteiger partial charge in [0.15, 0.2) is 0 Å². The van der Waals surface area contributed by atoms with Crippen molar-refractivity contribution in [1.29, 1.82) is 0 Å². The Morgan fingerprint density at radius 2 is 2.16 bits per heavy atom. The quantitative estimate of drug-likeness (QED) is 0.670. The number of aryl methyl sites for hydroxylation is 2. The third-order valence-corrected chi connectivity index (χ3v) is 3.83. The molecule has 25 heavy (non-hydrogen) atoms. The highest BCUT2D eigenvalue weighted by molar-refractivity contribution is 5.83. The topological polar surface area (TPSA) is 77.4 Å². The normalized spacial score (nSPS) is 12.0. The Morgan fingerprint density at radius 3 is 2.80 bits per heavy atom. The van der Waals surface area contributed by atoms with Crippen LogP contribution in [0.1, 0.15) is 22.7 Å². The molecule has 2 N–H and O–H groups in total. The van der Waals surface area contributed by atoms with E-state index in [1.807, 2.05) is 38.4 Å². The molecule has 7 heteroatoms. The number of rotatable bonds is 9. The van der Waals surface area contributed by atoms with Gasteiger partial charge in [-0.1, -0.05) is 12.1 Å². The molecule has 7 nitrogen and oxygen atoms in total. The van der Waals surface area contributed by atoms with Crippen molar-refractivity contribution in [1.82, 2.24) is 20.4 Å². The summed E-state index contributed by atoms with van der Waals surface area (Å²) >= 11 is 0. The van der Waals surface area contributed by atoms with Crippen LogP contribution in [-0.2, 0) is 23.1 Å². The molecule has 0 saturated heterocycles. The summed E-state index contributed by atoms with van der Waals surface area (Å²) < 4.78 is 12.5. The Morgan fingerprint density at radius 1 is 1.36 bits per heavy atom. The maximum absolute atomic E-state index is 12.5.